The highest BCUT2D eigenvalue weighted by molar-refractivity contribution is 5.80. The van der Waals surface area contributed by atoms with Crippen LogP contribution in [0, 0.1) is 11.8 Å². The molecular formula is C15H28N2O. The third kappa shape index (κ3) is 2.87. The van der Waals surface area contributed by atoms with Gasteiger partial charge in [0.25, 0.3) is 0 Å². The molecule has 2 N–H and O–H groups in total. The lowest BCUT2D eigenvalue weighted by Gasteiger charge is -2.40. The van der Waals surface area contributed by atoms with Crippen LogP contribution in [0.3, 0.4) is 0 Å². The predicted octanol–water partition coefficient (Wildman–Crippen LogP) is 2.54. The summed E-state index contributed by atoms with van der Waals surface area (Å²) in [6.07, 6.45) is 7.90. The molecule has 0 spiro atoms. The summed E-state index contributed by atoms with van der Waals surface area (Å²) in [5.41, 5.74) is 6.19. The highest BCUT2D eigenvalue weighted by atomic mass is 16.2. The Labute approximate surface area is 111 Å². The topological polar surface area (TPSA) is 46.3 Å². The molecule has 4 atom stereocenters. The first-order valence-electron chi connectivity index (χ1n) is 7.69. The summed E-state index contributed by atoms with van der Waals surface area (Å²) < 4.78 is 0. The highest BCUT2D eigenvalue weighted by Gasteiger charge is 2.36. The summed E-state index contributed by atoms with van der Waals surface area (Å²) in [7, 11) is 0. The van der Waals surface area contributed by atoms with E-state index >= 15 is 0 Å². The molecule has 2 rings (SSSR count). The molecule has 1 aliphatic carbocycles. The number of nitrogens with zero attached hydrogens (tertiary/aromatic N) is 1. The molecule has 0 bridgehead atoms. The minimum absolute atomic E-state index is 0.0842. The van der Waals surface area contributed by atoms with Gasteiger partial charge in [-0.05, 0) is 50.9 Å². The molecule has 1 saturated carbocycles. The van der Waals surface area contributed by atoms with E-state index in [0.717, 1.165) is 25.8 Å². The van der Waals surface area contributed by atoms with Crippen molar-refractivity contribution in [1.82, 2.24) is 4.90 Å². The molecule has 0 aromatic heterocycles. The number of likely N-dealkylation sites (tertiary alicyclic amines) is 1. The van der Waals surface area contributed by atoms with Crippen LogP contribution in [0.4, 0.5) is 0 Å². The summed E-state index contributed by atoms with van der Waals surface area (Å²) >= 11 is 0. The highest BCUT2D eigenvalue weighted by Crippen LogP contribution is 2.31. The van der Waals surface area contributed by atoms with E-state index in [-0.39, 0.29) is 12.0 Å². The van der Waals surface area contributed by atoms with Crippen molar-refractivity contribution in [2.24, 2.45) is 17.6 Å². The zero-order valence-corrected chi connectivity index (χ0v) is 11.9. The van der Waals surface area contributed by atoms with E-state index in [4.69, 9.17) is 5.73 Å². The lowest BCUT2D eigenvalue weighted by atomic mass is 9.78. The molecule has 104 valence electrons. The number of hydrogen-bond donors (Lipinski definition) is 1. The Hall–Kier alpha value is -0.570. The Balaban J connectivity index is 2.04. The minimum Gasteiger partial charge on any atom is -0.339 e. The second-order valence-corrected chi connectivity index (χ2v) is 6.28. The Morgan fingerprint density at radius 1 is 1.28 bits per heavy atom. The molecule has 3 nitrogen and oxygen atoms in total. The van der Waals surface area contributed by atoms with Crippen LogP contribution in [0.5, 0.6) is 0 Å². The second-order valence-electron chi connectivity index (χ2n) is 6.28. The summed E-state index contributed by atoms with van der Waals surface area (Å²) in [5, 5.41) is 0. The second kappa shape index (κ2) is 6.05. The average molecular weight is 252 g/mol. The first-order valence-corrected chi connectivity index (χ1v) is 7.69. The van der Waals surface area contributed by atoms with Crippen LogP contribution in [0.25, 0.3) is 0 Å². The predicted molar refractivity (Wildman–Crippen MR) is 74.1 cm³/mol. The number of carbonyl (C=O) groups is 1. The van der Waals surface area contributed by atoms with Crippen molar-refractivity contribution in [3.05, 3.63) is 0 Å². The van der Waals surface area contributed by atoms with Gasteiger partial charge in [-0.15, -0.1) is 0 Å². The van der Waals surface area contributed by atoms with Crippen molar-refractivity contribution in [3.63, 3.8) is 0 Å². The maximum Gasteiger partial charge on any atom is 0.227 e. The molecule has 1 aliphatic heterocycles. The van der Waals surface area contributed by atoms with Crippen molar-refractivity contribution in [1.29, 1.82) is 0 Å². The molecule has 3 heteroatoms. The molecule has 2 aliphatic rings. The maximum atomic E-state index is 12.7. The lowest BCUT2D eigenvalue weighted by molar-refractivity contribution is -0.141. The molecular weight excluding hydrogens is 224 g/mol. The van der Waals surface area contributed by atoms with Crippen LogP contribution in [-0.2, 0) is 4.79 Å². The zero-order chi connectivity index (χ0) is 13.1. The number of piperidine rings is 1. The van der Waals surface area contributed by atoms with E-state index in [9.17, 15) is 4.79 Å². The van der Waals surface area contributed by atoms with Crippen molar-refractivity contribution in [2.45, 2.75) is 70.9 Å². The molecule has 0 aromatic rings. The third-order valence-electron chi connectivity index (χ3n) is 4.86. The average Bonchev–Trinajstić information content (AvgIpc) is 2.40. The summed E-state index contributed by atoms with van der Waals surface area (Å²) in [4.78, 5) is 14.9. The van der Waals surface area contributed by atoms with Crippen molar-refractivity contribution < 1.29 is 4.79 Å². The van der Waals surface area contributed by atoms with E-state index in [1.54, 1.807) is 0 Å². The quantitative estimate of drug-likeness (QED) is 0.821. The van der Waals surface area contributed by atoms with Gasteiger partial charge in [0.15, 0.2) is 0 Å². The van der Waals surface area contributed by atoms with Gasteiger partial charge in [0.2, 0.25) is 5.91 Å². The minimum atomic E-state index is 0.0842. The molecule has 1 heterocycles. The number of amides is 1. The van der Waals surface area contributed by atoms with E-state index in [2.05, 4.69) is 18.7 Å². The van der Waals surface area contributed by atoms with Gasteiger partial charge in [0, 0.05) is 18.6 Å². The fourth-order valence-corrected chi connectivity index (χ4v) is 3.62. The van der Waals surface area contributed by atoms with Gasteiger partial charge in [-0.2, -0.15) is 0 Å². The molecule has 1 saturated heterocycles. The summed E-state index contributed by atoms with van der Waals surface area (Å²) in [5.74, 6) is 1.09. The van der Waals surface area contributed by atoms with Gasteiger partial charge in [0.05, 0.1) is 5.92 Å². The molecule has 2 fully saturated rings. The number of nitrogens with two attached hydrogens (primary N) is 1. The van der Waals surface area contributed by atoms with Crippen LogP contribution >= 0.6 is 0 Å². The van der Waals surface area contributed by atoms with Gasteiger partial charge in [-0.1, -0.05) is 13.8 Å². The van der Waals surface area contributed by atoms with Gasteiger partial charge in [-0.3, -0.25) is 4.79 Å². The molecule has 18 heavy (non-hydrogen) atoms. The Morgan fingerprint density at radius 2 is 2.06 bits per heavy atom. The first-order chi connectivity index (χ1) is 8.63. The van der Waals surface area contributed by atoms with E-state index in [0.29, 0.717) is 17.9 Å². The monoisotopic (exact) mass is 252 g/mol. The van der Waals surface area contributed by atoms with Crippen molar-refractivity contribution in [3.8, 4) is 0 Å². The Morgan fingerprint density at radius 3 is 2.78 bits per heavy atom. The zero-order valence-electron chi connectivity index (χ0n) is 11.9. The number of carbonyl (C=O) groups excluding carboxylic acids is 1. The number of rotatable bonds is 2. The third-order valence-corrected chi connectivity index (χ3v) is 4.86. The molecule has 0 radical (unpaired) electrons. The first kappa shape index (κ1) is 13.9. The van der Waals surface area contributed by atoms with Gasteiger partial charge in [0.1, 0.15) is 0 Å². The van der Waals surface area contributed by atoms with E-state index in [1.807, 2.05) is 0 Å². The van der Waals surface area contributed by atoms with Crippen LogP contribution in [0.1, 0.15) is 58.8 Å². The van der Waals surface area contributed by atoms with Crippen LogP contribution in [-0.4, -0.2) is 29.4 Å². The maximum absolute atomic E-state index is 12.7. The van der Waals surface area contributed by atoms with Crippen molar-refractivity contribution >= 4 is 5.91 Å². The molecule has 4 unspecified atom stereocenters. The van der Waals surface area contributed by atoms with Gasteiger partial charge < -0.3 is 10.6 Å². The smallest absolute Gasteiger partial charge is 0.227 e. The standard InChI is InChI=1S/C15H28N2O/c1-3-12-6-4-5-9-17(12)15(18)13-10-11(2)7-8-14(13)16/h11-14H,3-10,16H2,1-2H3. The number of hydrogen-bond acceptors (Lipinski definition) is 2. The Bertz CT molecular complexity index is 288. The summed E-state index contributed by atoms with van der Waals surface area (Å²) in [6, 6.07) is 0.559. The fourth-order valence-electron chi connectivity index (χ4n) is 3.62. The van der Waals surface area contributed by atoms with Crippen LogP contribution < -0.4 is 5.73 Å². The SMILES string of the molecule is CCC1CCCCN1C(=O)C1CC(C)CCC1N. The van der Waals surface area contributed by atoms with E-state index < -0.39 is 0 Å². The van der Waals surface area contributed by atoms with Crippen molar-refractivity contribution in [2.75, 3.05) is 6.54 Å². The van der Waals surface area contributed by atoms with Gasteiger partial charge in [-0.25, -0.2) is 0 Å². The van der Waals surface area contributed by atoms with Crippen LogP contribution in [0.15, 0.2) is 0 Å². The summed E-state index contributed by atoms with van der Waals surface area (Å²) in [6.45, 7) is 5.40. The largest absolute Gasteiger partial charge is 0.339 e. The Kier molecular flexibility index (Phi) is 4.66. The molecule has 0 aromatic carbocycles. The molecule has 1 amide bonds. The normalized spacial score (nSPS) is 37.6. The van der Waals surface area contributed by atoms with Crippen LogP contribution in [0.2, 0.25) is 0 Å². The lowest BCUT2D eigenvalue weighted by Crippen LogP contribution is -2.51. The van der Waals surface area contributed by atoms with Gasteiger partial charge >= 0.3 is 0 Å². The fraction of sp³-hybridized carbons (Fsp3) is 0.933. The van der Waals surface area contributed by atoms with E-state index in [1.165, 1.54) is 25.7 Å².